The van der Waals surface area contributed by atoms with Gasteiger partial charge in [-0.05, 0) is 37.1 Å². The second kappa shape index (κ2) is 6.81. The molecule has 3 rings (SSSR count). The molecule has 0 amide bonds. The van der Waals surface area contributed by atoms with E-state index in [1.165, 1.54) is 6.07 Å². The van der Waals surface area contributed by atoms with Crippen molar-refractivity contribution >= 4 is 17.5 Å². The van der Waals surface area contributed by atoms with Crippen LogP contribution in [0.25, 0.3) is 0 Å². The second-order valence-corrected chi connectivity index (χ2v) is 6.44. The number of rotatable bonds is 4. The molecule has 0 saturated carbocycles. The minimum absolute atomic E-state index is 0.171. The number of anilines is 1. The van der Waals surface area contributed by atoms with Gasteiger partial charge in [-0.3, -0.25) is 4.90 Å². The van der Waals surface area contributed by atoms with Gasteiger partial charge in [0.15, 0.2) is 0 Å². The molecule has 6 heteroatoms. The summed E-state index contributed by atoms with van der Waals surface area (Å²) in [5.74, 6) is 0.402. The van der Waals surface area contributed by atoms with Crippen LogP contribution in [0.15, 0.2) is 30.5 Å². The Morgan fingerprint density at radius 1 is 1.39 bits per heavy atom. The van der Waals surface area contributed by atoms with Crippen molar-refractivity contribution in [2.45, 2.75) is 25.9 Å². The third-order valence-electron chi connectivity index (χ3n) is 4.28. The molecule has 0 spiro atoms. The van der Waals surface area contributed by atoms with E-state index < -0.39 is 0 Å². The summed E-state index contributed by atoms with van der Waals surface area (Å²) in [6.45, 7) is 4.59. The van der Waals surface area contributed by atoms with E-state index in [1.807, 2.05) is 26.1 Å². The quantitative estimate of drug-likeness (QED) is 0.859. The fourth-order valence-corrected chi connectivity index (χ4v) is 3.05. The number of aromatic nitrogens is 2. The fraction of sp³-hybridized carbons (Fsp3) is 0.412. The van der Waals surface area contributed by atoms with Crippen LogP contribution >= 0.6 is 11.6 Å². The maximum Gasteiger partial charge on any atom is 0.225 e. The van der Waals surface area contributed by atoms with Crippen molar-refractivity contribution in [1.82, 2.24) is 14.9 Å². The predicted octanol–water partition coefficient (Wildman–Crippen LogP) is 3.29. The molecule has 1 aromatic carbocycles. The highest BCUT2D eigenvalue weighted by atomic mass is 35.5. The molecule has 2 heterocycles. The Labute approximate surface area is 140 Å². The molecule has 122 valence electrons. The third-order valence-corrected chi connectivity index (χ3v) is 4.59. The van der Waals surface area contributed by atoms with E-state index in [4.69, 9.17) is 11.6 Å². The van der Waals surface area contributed by atoms with E-state index in [0.29, 0.717) is 6.04 Å². The number of aryl methyl sites for hydroxylation is 1. The number of halogens is 2. The fourth-order valence-electron chi connectivity index (χ4n) is 2.94. The summed E-state index contributed by atoms with van der Waals surface area (Å²) in [4.78, 5) is 13.3. The summed E-state index contributed by atoms with van der Waals surface area (Å²) in [5.41, 5.74) is 1.91. The van der Waals surface area contributed by atoms with Crippen LogP contribution in [-0.2, 0) is 6.54 Å². The van der Waals surface area contributed by atoms with Gasteiger partial charge in [0.2, 0.25) is 5.95 Å². The minimum atomic E-state index is -0.356. The summed E-state index contributed by atoms with van der Waals surface area (Å²) in [6.07, 6.45) is 2.83. The minimum Gasteiger partial charge on any atom is -0.340 e. The highest BCUT2D eigenvalue weighted by molar-refractivity contribution is 6.30. The van der Waals surface area contributed by atoms with Crippen molar-refractivity contribution in [3.05, 3.63) is 52.6 Å². The largest absolute Gasteiger partial charge is 0.340 e. The molecule has 23 heavy (non-hydrogen) atoms. The lowest BCUT2D eigenvalue weighted by molar-refractivity contribution is 0.325. The molecule has 1 saturated heterocycles. The first kappa shape index (κ1) is 16.1. The van der Waals surface area contributed by atoms with E-state index in [2.05, 4.69) is 19.8 Å². The summed E-state index contributed by atoms with van der Waals surface area (Å²) >= 11 is 5.73. The number of benzene rings is 1. The van der Waals surface area contributed by atoms with Crippen molar-refractivity contribution in [2.75, 3.05) is 25.0 Å². The second-order valence-electron chi connectivity index (χ2n) is 6.04. The van der Waals surface area contributed by atoms with E-state index in [-0.39, 0.29) is 10.8 Å². The maximum absolute atomic E-state index is 13.5. The predicted molar refractivity (Wildman–Crippen MR) is 90.3 cm³/mol. The first-order chi connectivity index (χ1) is 11.0. The van der Waals surface area contributed by atoms with Crippen molar-refractivity contribution in [3.8, 4) is 0 Å². The normalized spacial score (nSPS) is 18.3. The molecule has 0 aliphatic carbocycles. The standard InChI is InChI=1S/C17H20ClFN4/c1-12-5-7-20-17(21-12)22(2)14-6-8-23(11-14)10-13-3-4-15(18)16(19)9-13/h3-5,7,9,14H,6,8,10-11H2,1-2H3. The van der Waals surface area contributed by atoms with Crippen LogP contribution in [0.2, 0.25) is 5.02 Å². The Bertz CT molecular complexity index is 694. The lowest BCUT2D eigenvalue weighted by atomic mass is 10.2. The Hall–Kier alpha value is -1.72. The monoisotopic (exact) mass is 334 g/mol. The van der Waals surface area contributed by atoms with Crippen molar-refractivity contribution in [3.63, 3.8) is 0 Å². The van der Waals surface area contributed by atoms with Gasteiger partial charge in [0, 0.05) is 44.6 Å². The third kappa shape index (κ3) is 3.79. The first-order valence-corrected chi connectivity index (χ1v) is 8.09. The summed E-state index contributed by atoms with van der Waals surface area (Å²) in [7, 11) is 2.03. The zero-order chi connectivity index (χ0) is 16.4. The van der Waals surface area contributed by atoms with Gasteiger partial charge in [0.1, 0.15) is 5.82 Å². The number of likely N-dealkylation sites (N-methyl/N-ethyl adjacent to an activating group) is 1. The first-order valence-electron chi connectivity index (χ1n) is 7.71. The van der Waals surface area contributed by atoms with Gasteiger partial charge in [-0.2, -0.15) is 0 Å². The molecule has 4 nitrogen and oxygen atoms in total. The van der Waals surface area contributed by atoms with Gasteiger partial charge < -0.3 is 4.90 Å². The molecule has 1 fully saturated rings. The molecule has 1 atom stereocenters. The van der Waals surface area contributed by atoms with Gasteiger partial charge in [-0.15, -0.1) is 0 Å². The van der Waals surface area contributed by atoms with Gasteiger partial charge >= 0.3 is 0 Å². The number of hydrogen-bond acceptors (Lipinski definition) is 4. The van der Waals surface area contributed by atoms with Gasteiger partial charge in [-0.1, -0.05) is 17.7 Å². The Kier molecular flexibility index (Phi) is 4.78. The van der Waals surface area contributed by atoms with Gasteiger partial charge in [-0.25, -0.2) is 14.4 Å². The molecule has 1 aliphatic heterocycles. The van der Waals surface area contributed by atoms with Gasteiger partial charge in [0.05, 0.1) is 5.02 Å². The highest BCUT2D eigenvalue weighted by Crippen LogP contribution is 2.22. The Balaban J connectivity index is 1.62. The van der Waals surface area contributed by atoms with E-state index in [1.54, 1.807) is 12.3 Å². The summed E-state index contributed by atoms with van der Waals surface area (Å²) in [6, 6.07) is 7.28. The highest BCUT2D eigenvalue weighted by Gasteiger charge is 2.27. The molecule has 0 bridgehead atoms. The maximum atomic E-state index is 13.5. The molecule has 1 aromatic heterocycles. The number of likely N-dealkylation sites (tertiary alicyclic amines) is 1. The number of nitrogens with zero attached hydrogens (tertiary/aromatic N) is 4. The smallest absolute Gasteiger partial charge is 0.225 e. The van der Waals surface area contributed by atoms with Crippen LogP contribution in [0.4, 0.5) is 10.3 Å². The Morgan fingerprint density at radius 3 is 2.96 bits per heavy atom. The van der Waals surface area contributed by atoms with Crippen molar-refractivity contribution in [1.29, 1.82) is 0 Å². The van der Waals surface area contributed by atoms with Crippen LogP contribution in [0.1, 0.15) is 17.7 Å². The van der Waals surface area contributed by atoms with Crippen LogP contribution in [0, 0.1) is 12.7 Å². The van der Waals surface area contributed by atoms with E-state index in [9.17, 15) is 4.39 Å². The lowest BCUT2D eigenvalue weighted by Crippen LogP contribution is -2.35. The number of hydrogen-bond donors (Lipinski definition) is 0. The molecular weight excluding hydrogens is 315 g/mol. The summed E-state index contributed by atoms with van der Waals surface area (Å²) < 4.78 is 13.5. The molecule has 0 N–H and O–H groups in total. The Morgan fingerprint density at radius 2 is 2.22 bits per heavy atom. The SMILES string of the molecule is Cc1ccnc(N(C)C2CCN(Cc3ccc(Cl)c(F)c3)C2)n1. The zero-order valence-electron chi connectivity index (χ0n) is 13.3. The topological polar surface area (TPSA) is 32.3 Å². The molecule has 1 unspecified atom stereocenters. The zero-order valence-corrected chi connectivity index (χ0v) is 14.1. The van der Waals surface area contributed by atoms with Crippen LogP contribution < -0.4 is 4.90 Å². The van der Waals surface area contributed by atoms with Crippen molar-refractivity contribution in [2.24, 2.45) is 0 Å². The van der Waals surface area contributed by atoms with Crippen LogP contribution in [0.3, 0.4) is 0 Å². The molecule has 1 aliphatic rings. The molecular formula is C17H20ClFN4. The average Bonchev–Trinajstić information content (AvgIpc) is 2.99. The summed E-state index contributed by atoms with van der Waals surface area (Å²) in [5, 5.41) is 0.171. The average molecular weight is 335 g/mol. The van der Waals surface area contributed by atoms with E-state index >= 15 is 0 Å². The van der Waals surface area contributed by atoms with Crippen LogP contribution in [-0.4, -0.2) is 41.0 Å². The molecule has 2 aromatic rings. The lowest BCUT2D eigenvalue weighted by Gasteiger charge is -2.25. The van der Waals surface area contributed by atoms with E-state index in [0.717, 1.165) is 43.3 Å². The van der Waals surface area contributed by atoms with Gasteiger partial charge in [0.25, 0.3) is 0 Å². The van der Waals surface area contributed by atoms with Crippen LogP contribution in [0.5, 0.6) is 0 Å². The molecule has 0 radical (unpaired) electrons. The van der Waals surface area contributed by atoms with Crippen molar-refractivity contribution < 1.29 is 4.39 Å².